The topological polar surface area (TPSA) is 32.3 Å². The molecule has 1 aromatic carbocycles. The Kier molecular flexibility index (Phi) is 7.17. The van der Waals surface area contributed by atoms with E-state index in [0.29, 0.717) is 6.54 Å². The fourth-order valence-corrected chi connectivity index (χ4v) is 4.83. The lowest BCUT2D eigenvalue weighted by atomic mass is 9.97. The standard InChI is InChI=1S/C21H28N2OS2/c1-16-9-11-23(12-10-16)19(20-4-3-13-26-20)14-22-21(24)18-7-5-17(6-8-18)15-25-2/h3-8,13,16,19H,9-12,14-15H2,1-2H3,(H,22,24). The van der Waals surface area contributed by atoms with E-state index >= 15 is 0 Å². The number of nitrogens with zero attached hydrogens (tertiary/aromatic N) is 1. The number of thioether (sulfide) groups is 1. The SMILES string of the molecule is CSCc1ccc(C(=O)NCC(c2cccs2)N2CCC(C)CC2)cc1. The molecule has 1 fully saturated rings. The molecule has 1 amide bonds. The van der Waals surface area contributed by atoms with Crippen molar-refractivity contribution in [2.45, 2.75) is 31.6 Å². The van der Waals surface area contributed by atoms with Crippen LogP contribution in [0.4, 0.5) is 0 Å². The van der Waals surface area contributed by atoms with Crippen LogP contribution in [-0.2, 0) is 5.75 Å². The van der Waals surface area contributed by atoms with E-state index in [2.05, 4.69) is 40.9 Å². The molecular weight excluding hydrogens is 360 g/mol. The Morgan fingerprint density at radius 3 is 2.62 bits per heavy atom. The number of thiophene rings is 1. The van der Waals surface area contributed by atoms with Crippen LogP contribution < -0.4 is 5.32 Å². The second kappa shape index (κ2) is 9.58. The summed E-state index contributed by atoms with van der Waals surface area (Å²) < 4.78 is 0. The lowest BCUT2D eigenvalue weighted by molar-refractivity contribution is 0.0915. The van der Waals surface area contributed by atoms with E-state index in [1.807, 2.05) is 24.3 Å². The summed E-state index contributed by atoms with van der Waals surface area (Å²) in [4.78, 5) is 16.5. The van der Waals surface area contributed by atoms with Crippen LogP contribution in [0.3, 0.4) is 0 Å². The molecule has 1 aromatic heterocycles. The number of carbonyl (C=O) groups excluding carboxylic acids is 1. The van der Waals surface area contributed by atoms with Crippen LogP contribution in [0.15, 0.2) is 41.8 Å². The number of rotatable bonds is 7. The van der Waals surface area contributed by atoms with Crippen molar-refractivity contribution in [1.29, 1.82) is 0 Å². The normalized spacial score (nSPS) is 17.2. The molecule has 1 aliphatic heterocycles. The first-order valence-electron chi connectivity index (χ1n) is 9.31. The van der Waals surface area contributed by atoms with Crippen molar-refractivity contribution < 1.29 is 4.79 Å². The highest BCUT2D eigenvalue weighted by molar-refractivity contribution is 7.97. The molecule has 5 heteroatoms. The van der Waals surface area contributed by atoms with E-state index in [9.17, 15) is 4.79 Å². The van der Waals surface area contributed by atoms with Crippen molar-refractivity contribution in [3.8, 4) is 0 Å². The molecule has 0 saturated carbocycles. The van der Waals surface area contributed by atoms with Crippen molar-refractivity contribution in [1.82, 2.24) is 10.2 Å². The summed E-state index contributed by atoms with van der Waals surface area (Å²) in [6.07, 6.45) is 4.58. The number of piperidine rings is 1. The first kappa shape index (κ1) is 19.5. The average Bonchev–Trinajstić information content (AvgIpc) is 3.18. The predicted molar refractivity (Wildman–Crippen MR) is 113 cm³/mol. The molecule has 0 aliphatic carbocycles. The molecule has 3 nitrogen and oxygen atoms in total. The minimum Gasteiger partial charge on any atom is -0.350 e. The van der Waals surface area contributed by atoms with E-state index in [1.165, 1.54) is 23.3 Å². The first-order valence-corrected chi connectivity index (χ1v) is 11.6. The number of hydrogen-bond acceptors (Lipinski definition) is 4. The summed E-state index contributed by atoms with van der Waals surface area (Å²) in [7, 11) is 0. The van der Waals surface area contributed by atoms with E-state index < -0.39 is 0 Å². The monoisotopic (exact) mass is 388 g/mol. The fourth-order valence-electron chi connectivity index (χ4n) is 3.44. The van der Waals surface area contributed by atoms with Gasteiger partial charge in [-0.3, -0.25) is 9.69 Å². The number of carbonyl (C=O) groups is 1. The van der Waals surface area contributed by atoms with Gasteiger partial charge in [-0.05, 0) is 67.2 Å². The maximum Gasteiger partial charge on any atom is 0.251 e. The van der Waals surface area contributed by atoms with Gasteiger partial charge in [0.1, 0.15) is 0 Å². The van der Waals surface area contributed by atoms with Gasteiger partial charge in [-0.15, -0.1) is 11.3 Å². The van der Waals surface area contributed by atoms with Gasteiger partial charge in [0, 0.05) is 22.7 Å². The van der Waals surface area contributed by atoms with Gasteiger partial charge in [0.05, 0.1) is 6.04 Å². The molecule has 1 unspecified atom stereocenters. The van der Waals surface area contributed by atoms with E-state index in [4.69, 9.17) is 0 Å². The Balaban J connectivity index is 1.62. The number of nitrogens with one attached hydrogen (secondary N) is 1. The Morgan fingerprint density at radius 2 is 2.00 bits per heavy atom. The molecule has 0 radical (unpaired) electrons. The van der Waals surface area contributed by atoms with Crippen LogP contribution in [0, 0.1) is 5.92 Å². The number of hydrogen-bond donors (Lipinski definition) is 1. The van der Waals surface area contributed by atoms with Gasteiger partial charge in [-0.25, -0.2) is 0 Å². The third-order valence-corrected chi connectivity index (χ3v) is 6.71. The van der Waals surface area contributed by atoms with E-state index in [1.54, 1.807) is 23.1 Å². The quantitative estimate of drug-likeness (QED) is 0.738. The number of likely N-dealkylation sites (tertiary alicyclic amines) is 1. The largest absolute Gasteiger partial charge is 0.350 e. The first-order chi connectivity index (χ1) is 12.7. The summed E-state index contributed by atoms with van der Waals surface area (Å²) >= 11 is 3.58. The molecule has 2 aromatic rings. The van der Waals surface area contributed by atoms with Crippen molar-refractivity contribution in [3.05, 3.63) is 57.8 Å². The zero-order valence-corrected chi connectivity index (χ0v) is 17.2. The third kappa shape index (κ3) is 5.12. The Bertz CT molecular complexity index is 677. The van der Waals surface area contributed by atoms with Gasteiger partial charge in [-0.2, -0.15) is 11.8 Å². The van der Waals surface area contributed by atoms with Gasteiger partial charge in [0.2, 0.25) is 0 Å². The summed E-state index contributed by atoms with van der Waals surface area (Å²) in [6.45, 7) is 5.23. The Morgan fingerprint density at radius 1 is 1.27 bits per heavy atom. The lowest BCUT2D eigenvalue weighted by Crippen LogP contribution is -2.41. The zero-order chi connectivity index (χ0) is 18.4. The second-order valence-corrected chi connectivity index (χ2v) is 8.93. The van der Waals surface area contributed by atoms with Crippen LogP contribution >= 0.6 is 23.1 Å². The minimum atomic E-state index is 0.0210. The molecule has 1 saturated heterocycles. The molecule has 3 rings (SSSR count). The molecule has 1 N–H and O–H groups in total. The van der Waals surface area contributed by atoms with Gasteiger partial charge < -0.3 is 5.32 Å². The Labute approximate surface area is 165 Å². The van der Waals surface area contributed by atoms with Crippen molar-refractivity contribution >= 4 is 29.0 Å². The average molecular weight is 389 g/mol. The summed E-state index contributed by atoms with van der Waals surface area (Å²) in [5.41, 5.74) is 2.00. The maximum atomic E-state index is 12.6. The van der Waals surface area contributed by atoms with Gasteiger partial charge in [-0.1, -0.05) is 25.1 Å². The van der Waals surface area contributed by atoms with Crippen molar-refractivity contribution in [3.63, 3.8) is 0 Å². The highest BCUT2D eigenvalue weighted by atomic mass is 32.2. The molecule has 0 bridgehead atoms. The van der Waals surface area contributed by atoms with E-state index in [-0.39, 0.29) is 11.9 Å². The van der Waals surface area contributed by atoms with Crippen LogP contribution in [0.5, 0.6) is 0 Å². The smallest absolute Gasteiger partial charge is 0.251 e. The van der Waals surface area contributed by atoms with Gasteiger partial charge in [0.25, 0.3) is 5.91 Å². The van der Waals surface area contributed by atoms with Crippen LogP contribution in [0.25, 0.3) is 0 Å². The molecule has 2 heterocycles. The van der Waals surface area contributed by atoms with E-state index in [0.717, 1.165) is 30.3 Å². The highest BCUT2D eigenvalue weighted by Gasteiger charge is 2.25. The summed E-state index contributed by atoms with van der Waals surface area (Å²) in [6, 6.07) is 12.5. The highest BCUT2D eigenvalue weighted by Crippen LogP contribution is 2.29. The summed E-state index contributed by atoms with van der Waals surface area (Å²) in [5.74, 6) is 1.81. The molecule has 26 heavy (non-hydrogen) atoms. The summed E-state index contributed by atoms with van der Waals surface area (Å²) in [5, 5.41) is 5.29. The second-order valence-electron chi connectivity index (χ2n) is 7.09. The maximum absolute atomic E-state index is 12.6. The minimum absolute atomic E-state index is 0.0210. The predicted octanol–water partition coefficient (Wildman–Crippen LogP) is 4.81. The lowest BCUT2D eigenvalue weighted by Gasteiger charge is -2.36. The van der Waals surface area contributed by atoms with Gasteiger partial charge >= 0.3 is 0 Å². The van der Waals surface area contributed by atoms with Crippen LogP contribution in [-0.4, -0.2) is 36.7 Å². The molecule has 0 spiro atoms. The molecule has 1 atom stereocenters. The van der Waals surface area contributed by atoms with Crippen LogP contribution in [0.2, 0.25) is 0 Å². The van der Waals surface area contributed by atoms with Crippen molar-refractivity contribution in [2.24, 2.45) is 5.92 Å². The molecular formula is C21H28N2OS2. The number of amides is 1. The number of benzene rings is 1. The third-order valence-electron chi connectivity index (χ3n) is 5.11. The van der Waals surface area contributed by atoms with Crippen LogP contribution in [0.1, 0.15) is 46.6 Å². The molecule has 140 valence electrons. The zero-order valence-electron chi connectivity index (χ0n) is 15.6. The fraction of sp³-hybridized carbons (Fsp3) is 0.476. The molecule has 1 aliphatic rings. The van der Waals surface area contributed by atoms with Gasteiger partial charge in [0.15, 0.2) is 0 Å². The Hall–Kier alpha value is -1.30. The van der Waals surface area contributed by atoms with Crippen molar-refractivity contribution in [2.75, 3.05) is 25.9 Å².